The summed E-state index contributed by atoms with van der Waals surface area (Å²) in [6, 6.07) is 12.7. The van der Waals surface area contributed by atoms with Gasteiger partial charge in [-0.1, -0.05) is 36.3 Å². The number of nitrogen functional groups attached to an aromatic ring is 1. The average Bonchev–Trinajstić information content (AvgIpc) is 3.30. The molecule has 0 amide bonds. The van der Waals surface area contributed by atoms with Crippen molar-refractivity contribution >= 4 is 11.5 Å². The summed E-state index contributed by atoms with van der Waals surface area (Å²) in [5, 5.41) is 14.9. The molecule has 7 heteroatoms. The fourth-order valence-electron chi connectivity index (χ4n) is 2.50. The largest absolute Gasteiger partial charge is 0.461 e. The lowest BCUT2D eigenvalue weighted by molar-refractivity contribution is 0.122. The number of nitrogens with zero attached hydrogens (tertiary/aromatic N) is 4. The molecular formula is C19H15N5O2. The van der Waals surface area contributed by atoms with E-state index in [-0.39, 0.29) is 5.82 Å². The molecule has 0 saturated heterocycles. The second-order valence-electron chi connectivity index (χ2n) is 5.88. The fraction of sp³-hybridized carbons (Fsp3) is 0.105. The summed E-state index contributed by atoms with van der Waals surface area (Å²) in [5.41, 5.74) is 6.16. The van der Waals surface area contributed by atoms with Gasteiger partial charge in [0, 0.05) is 0 Å². The molecular weight excluding hydrogens is 330 g/mol. The van der Waals surface area contributed by atoms with Crippen LogP contribution in [0, 0.1) is 11.8 Å². The van der Waals surface area contributed by atoms with Crippen molar-refractivity contribution in [3.8, 4) is 23.4 Å². The molecule has 3 N–H and O–H groups in total. The van der Waals surface area contributed by atoms with Gasteiger partial charge in [0.2, 0.25) is 5.82 Å². The molecule has 3 aromatic heterocycles. The molecule has 26 heavy (non-hydrogen) atoms. The van der Waals surface area contributed by atoms with Gasteiger partial charge in [0.25, 0.3) is 0 Å². The molecule has 1 aromatic carbocycles. The Kier molecular flexibility index (Phi) is 3.68. The van der Waals surface area contributed by atoms with E-state index in [1.165, 1.54) is 4.52 Å². The molecule has 1 unspecified atom stereocenters. The Hall–Kier alpha value is -3.63. The molecule has 3 heterocycles. The maximum absolute atomic E-state index is 10.6. The van der Waals surface area contributed by atoms with Crippen molar-refractivity contribution in [2.75, 3.05) is 5.73 Å². The number of aromatic nitrogens is 4. The number of benzene rings is 1. The second kappa shape index (κ2) is 6.02. The lowest BCUT2D eigenvalue weighted by Gasteiger charge is -2.16. The summed E-state index contributed by atoms with van der Waals surface area (Å²) in [5.74, 6) is 6.82. The zero-order valence-electron chi connectivity index (χ0n) is 13.9. The van der Waals surface area contributed by atoms with Crippen molar-refractivity contribution in [1.82, 2.24) is 19.6 Å². The highest BCUT2D eigenvalue weighted by atomic mass is 16.3. The van der Waals surface area contributed by atoms with Crippen molar-refractivity contribution in [2.45, 2.75) is 12.5 Å². The minimum atomic E-state index is -1.31. The Morgan fingerprint density at radius 1 is 1.15 bits per heavy atom. The van der Waals surface area contributed by atoms with Gasteiger partial charge in [-0.15, -0.1) is 5.10 Å². The molecule has 0 spiro atoms. The summed E-state index contributed by atoms with van der Waals surface area (Å²) >= 11 is 0. The first-order valence-corrected chi connectivity index (χ1v) is 7.91. The van der Waals surface area contributed by atoms with Gasteiger partial charge in [-0.25, -0.2) is 14.5 Å². The lowest BCUT2D eigenvalue weighted by atomic mass is 9.97. The van der Waals surface area contributed by atoms with E-state index in [9.17, 15) is 5.11 Å². The van der Waals surface area contributed by atoms with Gasteiger partial charge in [-0.2, -0.15) is 0 Å². The molecule has 1 atom stereocenters. The summed E-state index contributed by atoms with van der Waals surface area (Å²) in [7, 11) is 0. The van der Waals surface area contributed by atoms with Crippen LogP contribution in [-0.4, -0.2) is 24.7 Å². The summed E-state index contributed by atoms with van der Waals surface area (Å²) < 4.78 is 6.80. The molecule has 0 fully saturated rings. The average molecular weight is 345 g/mol. The van der Waals surface area contributed by atoms with Gasteiger partial charge < -0.3 is 15.3 Å². The topological polar surface area (TPSA) is 102 Å². The smallest absolute Gasteiger partial charge is 0.218 e. The van der Waals surface area contributed by atoms with Crippen LogP contribution in [0.4, 0.5) is 5.82 Å². The van der Waals surface area contributed by atoms with Crippen LogP contribution < -0.4 is 5.73 Å². The van der Waals surface area contributed by atoms with Crippen molar-refractivity contribution < 1.29 is 9.52 Å². The first-order chi connectivity index (χ1) is 12.5. The van der Waals surface area contributed by atoms with E-state index in [1.807, 2.05) is 30.3 Å². The normalized spacial score (nSPS) is 13.2. The maximum atomic E-state index is 10.6. The number of aliphatic hydroxyl groups is 1. The molecule has 4 aromatic rings. The Morgan fingerprint density at radius 3 is 2.69 bits per heavy atom. The minimum Gasteiger partial charge on any atom is -0.461 e. The number of nitrogens with two attached hydrogens (primary N) is 1. The molecule has 128 valence electrons. The van der Waals surface area contributed by atoms with Crippen LogP contribution in [0.1, 0.15) is 18.2 Å². The van der Waals surface area contributed by atoms with Crippen LogP contribution in [0.5, 0.6) is 0 Å². The standard InChI is InChI=1S/C19H15N5O2/c1-19(25,13-6-3-2-4-7-13)10-9-14-12-24-18(16(20)21-14)22-17(23-24)15-8-5-11-26-15/h2-8,11-12,25H,1H3,(H2,20,21). The van der Waals surface area contributed by atoms with E-state index in [1.54, 1.807) is 31.5 Å². The quantitative estimate of drug-likeness (QED) is 0.540. The summed E-state index contributed by atoms with van der Waals surface area (Å²) in [6.07, 6.45) is 3.16. The van der Waals surface area contributed by atoms with Crippen LogP contribution in [-0.2, 0) is 5.60 Å². The minimum absolute atomic E-state index is 0.196. The highest BCUT2D eigenvalue weighted by Crippen LogP contribution is 2.20. The molecule has 0 saturated carbocycles. The monoisotopic (exact) mass is 345 g/mol. The van der Waals surface area contributed by atoms with Gasteiger partial charge >= 0.3 is 0 Å². The van der Waals surface area contributed by atoms with Gasteiger partial charge in [-0.3, -0.25) is 0 Å². The van der Waals surface area contributed by atoms with E-state index in [2.05, 4.69) is 26.9 Å². The number of hydrogen-bond acceptors (Lipinski definition) is 6. The van der Waals surface area contributed by atoms with Crippen molar-refractivity contribution in [3.63, 3.8) is 0 Å². The third-order valence-electron chi connectivity index (χ3n) is 3.86. The van der Waals surface area contributed by atoms with E-state index < -0.39 is 5.60 Å². The Labute approximate surface area is 149 Å². The predicted molar refractivity (Wildman–Crippen MR) is 95.8 cm³/mol. The molecule has 0 aliphatic heterocycles. The maximum Gasteiger partial charge on any atom is 0.218 e. The van der Waals surface area contributed by atoms with E-state index in [0.717, 1.165) is 0 Å². The van der Waals surface area contributed by atoms with Gasteiger partial charge in [0.15, 0.2) is 17.2 Å². The number of anilines is 1. The Bertz CT molecular complexity index is 1120. The zero-order valence-corrected chi connectivity index (χ0v) is 13.9. The van der Waals surface area contributed by atoms with Gasteiger partial charge in [0.1, 0.15) is 11.3 Å². The number of fused-ring (bicyclic) bond motifs is 1. The van der Waals surface area contributed by atoms with Crippen LogP contribution in [0.25, 0.3) is 17.2 Å². The molecule has 0 aliphatic rings. The SMILES string of the molecule is CC(O)(C#Cc1cn2nc(-c3ccco3)nc2c(N)n1)c1ccccc1. The van der Waals surface area contributed by atoms with Crippen LogP contribution in [0.15, 0.2) is 59.3 Å². The molecule has 0 radical (unpaired) electrons. The van der Waals surface area contributed by atoms with E-state index >= 15 is 0 Å². The van der Waals surface area contributed by atoms with Crippen LogP contribution in [0.2, 0.25) is 0 Å². The zero-order chi connectivity index (χ0) is 18.1. The van der Waals surface area contributed by atoms with Gasteiger partial charge in [0.05, 0.1) is 12.5 Å². The third-order valence-corrected chi connectivity index (χ3v) is 3.86. The Morgan fingerprint density at radius 2 is 1.96 bits per heavy atom. The van der Waals surface area contributed by atoms with Crippen LogP contribution >= 0.6 is 0 Å². The molecule has 0 aliphatic carbocycles. The second-order valence-corrected chi connectivity index (χ2v) is 5.88. The van der Waals surface area contributed by atoms with Crippen molar-refractivity contribution in [1.29, 1.82) is 0 Å². The highest BCUT2D eigenvalue weighted by molar-refractivity contribution is 5.64. The third kappa shape index (κ3) is 2.90. The van der Waals surface area contributed by atoms with Gasteiger partial charge in [-0.05, 0) is 30.5 Å². The van der Waals surface area contributed by atoms with Crippen LogP contribution in [0.3, 0.4) is 0 Å². The molecule has 4 rings (SSSR count). The van der Waals surface area contributed by atoms with Crippen molar-refractivity contribution in [2.24, 2.45) is 0 Å². The lowest BCUT2D eigenvalue weighted by Crippen LogP contribution is -2.18. The number of rotatable bonds is 2. The van der Waals surface area contributed by atoms with E-state index in [0.29, 0.717) is 28.5 Å². The Balaban J connectivity index is 1.72. The molecule has 7 nitrogen and oxygen atoms in total. The first-order valence-electron chi connectivity index (χ1n) is 7.91. The number of hydrogen-bond donors (Lipinski definition) is 2. The predicted octanol–water partition coefficient (Wildman–Crippen LogP) is 2.23. The number of furan rings is 1. The highest BCUT2D eigenvalue weighted by Gasteiger charge is 2.19. The van der Waals surface area contributed by atoms with E-state index in [4.69, 9.17) is 10.2 Å². The summed E-state index contributed by atoms with van der Waals surface area (Å²) in [4.78, 5) is 8.56. The molecule has 0 bridgehead atoms. The fourth-order valence-corrected chi connectivity index (χ4v) is 2.50. The summed E-state index contributed by atoms with van der Waals surface area (Å²) in [6.45, 7) is 1.63. The van der Waals surface area contributed by atoms with Crippen molar-refractivity contribution in [3.05, 3.63) is 66.2 Å². The first kappa shape index (κ1) is 15.9.